The van der Waals surface area contributed by atoms with E-state index in [0.29, 0.717) is 16.7 Å². The highest BCUT2D eigenvalue weighted by molar-refractivity contribution is 5.96. The van der Waals surface area contributed by atoms with E-state index in [1.54, 1.807) is 13.1 Å². The van der Waals surface area contributed by atoms with Gasteiger partial charge in [0.15, 0.2) is 0 Å². The van der Waals surface area contributed by atoms with Gasteiger partial charge in [0.05, 0.1) is 23.3 Å². The lowest BCUT2D eigenvalue weighted by molar-refractivity contribution is -0.118. The molecule has 1 aliphatic rings. The standard InChI is InChI=1S/C15H19N5O3.2ClH/c1-19-12-10(14(22)20(2)15(19)23)7-9(8-17-12)18-13(21)11-5-3-4-6-16-11;;/h7-8,11,16H,3-6H2,1-2H3,(H,18,21);2*1H. The van der Waals surface area contributed by atoms with Gasteiger partial charge in [0.25, 0.3) is 5.56 Å². The van der Waals surface area contributed by atoms with Crippen molar-refractivity contribution in [1.82, 2.24) is 19.4 Å². The molecule has 2 aromatic heterocycles. The molecule has 138 valence electrons. The van der Waals surface area contributed by atoms with Crippen LogP contribution in [0.4, 0.5) is 5.69 Å². The molecule has 8 nitrogen and oxygen atoms in total. The second-order valence-electron chi connectivity index (χ2n) is 5.79. The van der Waals surface area contributed by atoms with Crippen molar-refractivity contribution in [2.45, 2.75) is 25.3 Å². The van der Waals surface area contributed by atoms with Gasteiger partial charge in [-0.15, -0.1) is 24.8 Å². The zero-order valence-electron chi connectivity index (χ0n) is 13.9. The van der Waals surface area contributed by atoms with Gasteiger partial charge in [0.2, 0.25) is 5.91 Å². The molecule has 2 N–H and O–H groups in total. The largest absolute Gasteiger partial charge is 0.332 e. The van der Waals surface area contributed by atoms with E-state index in [-0.39, 0.29) is 36.8 Å². The van der Waals surface area contributed by atoms with Crippen molar-refractivity contribution >= 4 is 47.4 Å². The van der Waals surface area contributed by atoms with Crippen LogP contribution in [0.25, 0.3) is 11.0 Å². The number of hydrogen-bond acceptors (Lipinski definition) is 5. The van der Waals surface area contributed by atoms with Gasteiger partial charge < -0.3 is 10.6 Å². The van der Waals surface area contributed by atoms with Gasteiger partial charge in [-0.05, 0) is 25.5 Å². The molecule has 0 aliphatic carbocycles. The van der Waals surface area contributed by atoms with Crippen LogP contribution in [0.15, 0.2) is 21.9 Å². The fourth-order valence-corrected chi connectivity index (χ4v) is 2.84. The number of carbonyl (C=O) groups excluding carboxylic acids is 1. The molecule has 1 unspecified atom stereocenters. The first kappa shape index (κ1) is 21.1. The maximum atomic E-state index is 12.2. The number of amides is 1. The molecular formula is C15H21Cl2N5O3. The molecule has 1 saturated heterocycles. The Morgan fingerprint density at radius 1 is 1.24 bits per heavy atom. The first-order chi connectivity index (χ1) is 11.0. The summed E-state index contributed by atoms with van der Waals surface area (Å²) in [5.41, 5.74) is -0.113. The third-order valence-electron chi connectivity index (χ3n) is 4.19. The Hall–Kier alpha value is -1.90. The lowest BCUT2D eigenvalue weighted by Crippen LogP contribution is -2.43. The number of aromatic nitrogens is 3. The zero-order chi connectivity index (χ0) is 16.6. The lowest BCUT2D eigenvalue weighted by Gasteiger charge is -2.22. The van der Waals surface area contributed by atoms with E-state index in [0.717, 1.165) is 30.4 Å². The number of rotatable bonds is 2. The predicted octanol–water partition coefficient (Wildman–Crippen LogP) is 0.556. The molecule has 3 heterocycles. The van der Waals surface area contributed by atoms with Gasteiger partial charge in [0, 0.05) is 14.1 Å². The van der Waals surface area contributed by atoms with Gasteiger partial charge in [0.1, 0.15) is 5.65 Å². The van der Waals surface area contributed by atoms with Gasteiger partial charge >= 0.3 is 5.69 Å². The number of nitrogens with one attached hydrogen (secondary N) is 2. The van der Waals surface area contributed by atoms with Crippen LogP contribution in [0.2, 0.25) is 0 Å². The van der Waals surface area contributed by atoms with Gasteiger partial charge in [-0.25, -0.2) is 9.78 Å². The van der Waals surface area contributed by atoms with E-state index in [9.17, 15) is 14.4 Å². The van der Waals surface area contributed by atoms with E-state index < -0.39 is 11.2 Å². The van der Waals surface area contributed by atoms with Crippen LogP contribution >= 0.6 is 24.8 Å². The molecule has 0 saturated carbocycles. The predicted molar refractivity (Wildman–Crippen MR) is 101 cm³/mol. The second-order valence-corrected chi connectivity index (χ2v) is 5.79. The molecule has 1 aliphatic heterocycles. The quantitative estimate of drug-likeness (QED) is 0.781. The lowest BCUT2D eigenvalue weighted by atomic mass is 10.0. The van der Waals surface area contributed by atoms with Crippen LogP contribution in [0.1, 0.15) is 19.3 Å². The summed E-state index contributed by atoms with van der Waals surface area (Å²) in [6, 6.07) is 1.34. The molecule has 3 rings (SSSR count). The van der Waals surface area contributed by atoms with Gasteiger partial charge in [-0.3, -0.25) is 18.7 Å². The highest BCUT2D eigenvalue weighted by Crippen LogP contribution is 2.14. The Morgan fingerprint density at radius 2 is 1.96 bits per heavy atom. The number of halogens is 2. The van der Waals surface area contributed by atoms with E-state index in [2.05, 4.69) is 15.6 Å². The minimum Gasteiger partial charge on any atom is -0.323 e. The molecule has 10 heteroatoms. The molecule has 25 heavy (non-hydrogen) atoms. The average Bonchev–Trinajstić information content (AvgIpc) is 2.58. The zero-order valence-corrected chi connectivity index (χ0v) is 15.6. The van der Waals surface area contributed by atoms with E-state index in [1.165, 1.54) is 17.8 Å². The highest BCUT2D eigenvalue weighted by Gasteiger charge is 2.21. The number of fused-ring (bicyclic) bond motifs is 1. The number of hydrogen-bond donors (Lipinski definition) is 2. The average molecular weight is 390 g/mol. The summed E-state index contributed by atoms with van der Waals surface area (Å²) in [5.74, 6) is -0.132. The molecule has 0 aromatic carbocycles. The van der Waals surface area contributed by atoms with Gasteiger partial charge in [-0.2, -0.15) is 0 Å². The van der Waals surface area contributed by atoms with E-state index in [4.69, 9.17) is 0 Å². The van der Waals surface area contributed by atoms with Crippen molar-refractivity contribution in [1.29, 1.82) is 0 Å². The van der Waals surface area contributed by atoms with Crippen LogP contribution in [0.5, 0.6) is 0 Å². The maximum absolute atomic E-state index is 12.2. The Bertz CT molecular complexity index is 887. The Labute approximate surface area is 156 Å². The minimum absolute atomic E-state index is 0. The van der Waals surface area contributed by atoms with E-state index >= 15 is 0 Å². The summed E-state index contributed by atoms with van der Waals surface area (Å²) in [7, 11) is 2.97. The van der Waals surface area contributed by atoms with Crippen LogP contribution in [-0.4, -0.2) is 32.6 Å². The molecule has 1 amide bonds. The van der Waals surface area contributed by atoms with Crippen molar-refractivity contribution in [2.24, 2.45) is 14.1 Å². The number of piperidine rings is 1. The fourth-order valence-electron chi connectivity index (χ4n) is 2.84. The van der Waals surface area contributed by atoms with Crippen LogP contribution in [0, 0.1) is 0 Å². The number of aryl methyl sites for hydroxylation is 1. The molecule has 1 atom stereocenters. The van der Waals surface area contributed by atoms with Crippen molar-refractivity contribution in [2.75, 3.05) is 11.9 Å². The fraction of sp³-hybridized carbons (Fsp3) is 0.467. The second kappa shape index (κ2) is 8.46. The topological polar surface area (TPSA) is 98.0 Å². The maximum Gasteiger partial charge on any atom is 0.332 e. The summed E-state index contributed by atoms with van der Waals surface area (Å²) in [6.45, 7) is 0.830. The van der Waals surface area contributed by atoms with Gasteiger partial charge in [-0.1, -0.05) is 6.42 Å². The number of pyridine rings is 1. The third kappa shape index (κ3) is 4.02. The van der Waals surface area contributed by atoms with Crippen molar-refractivity contribution in [3.05, 3.63) is 33.1 Å². The molecule has 1 fully saturated rings. The smallest absolute Gasteiger partial charge is 0.323 e. The highest BCUT2D eigenvalue weighted by atomic mass is 35.5. The first-order valence-corrected chi connectivity index (χ1v) is 7.59. The van der Waals surface area contributed by atoms with Crippen LogP contribution < -0.4 is 21.9 Å². The third-order valence-corrected chi connectivity index (χ3v) is 4.19. The summed E-state index contributed by atoms with van der Waals surface area (Å²) in [4.78, 5) is 40.5. The summed E-state index contributed by atoms with van der Waals surface area (Å²) < 4.78 is 2.34. The number of anilines is 1. The Kier molecular flexibility index (Phi) is 7.16. The minimum atomic E-state index is -0.432. The molecular weight excluding hydrogens is 369 g/mol. The van der Waals surface area contributed by atoms with Crippen LogP contribution in [0.3, 0.4) is 0 Å². The molecule has 0 radical (unpaired) electrons. The SMILES string of the molecule is Cl.Cl.Cn1c(=O)c2cc(NC(=O)C3CCCCN3)cnc2n(C)c1=O. The van der Waals surface area contributed by atoms with Crippen molar-refractivity contribution in [3.8, 4) is 0 Å². The summed E-state index contributed by atoms with van der Waals surface area (Å²) in [6.07, 6.45) is 4.35. The van der Waals surface area contributed by atoms with Crippen molar-refractivity contribution < 1.29 is 4.79 Å². The summed E-state index contributed by atoms with van der Waals surface area (Å²) in [5, 5.41) is 6.25. The molecule has 0 spiro atoms. The molecule has 2 aromatic rings. The normalized spacial score (nSPS) is 16.6. The Balaban J connectivity index is 0.00000156. The summed E-state index contributed by atoms with van der Waals surface area (Å²) >= 11 is 0. The molecule has 0 bridgehead atoms. The van der Waals surface area contributed by atoms with Crippen LogP contribution in [-0.2, 0) is 18.9 Å². The monoisotopic (exact) mass is 389 g/mol. The number of carbonyl (C=O) groups is 1. The number of nitrogens with zero attached hydrogens (tertiary/aromatic N) is 3. The first-order valence-electron chi connectivity index (χ1n) is 7.59. The van der Waals surface area contributed by atoms with Crippen molar-refractivity contribution in [3.63, 3.8) is 0 Å². The van der Waals surface area contributed by atoms with E-state index in [1.807, 2.05) is 0 Å². The Morgan fingerprint density at radius 3 is 2.60 bits per heavy atom.